The Labute approximate surface area is 107 Å². The highest BCUT2D eigenvalue weighted by Crippen LogP contribution is 2.37. The summed E-state index contributed by atoms with van der Waals surface area (Å²) in [5.41, 5.74) is 0.269. The van der Waals surface area contributed by atoms with Crippen LogP contribution in [0.15, 0.2) is 16.8 Å². The lowest BCUT2D eigenvalue weighted by Gasteiger charge is -2.38. The summed E-state index contributed by atoms with van der Waals surface area (Å²) >= 11 is 1.57. The van der Waals surface area contributed by atoms with Gasteiger partial charge in [0.1, 0.15) is 5.60 Å². The molecule has 2 unspecified atom stereocenters. The standard InChI is InChI=1S/C14H20O2S/c1-3-16-14(7-4-5-11(2)9-14)13(15)12-6-8-17-10-12/h6,8,10-11H,3-5,7,9H2,1-2H3. The van der Waals surface area contributed by atoms with E-state index in [0.29, 0.717) is 12.5 Å². The number of ether oxygens (including phenoxy) is 1. The summed E-state index contributed by atoms with van der Waals surface area (Å²) in [6, 6.07) is 1.91. The minimum atomic E-state index is -0.548. The Morgan fingerprint density at radius 3 is 3.06 bits per heavy atom. The van der Waals surface area contributed by atoms with E-state index in [1.165, 1.54) is 6.42 Å². The molecule has 1 aliphatic rings. The van der Waals surface area contributed by atoms with E-state index in [-0.39, 0.29) is 5.78 Å². The molecule has 17 heavy (non-hydrogen) atoms. The Morgan fingerprint density at radius 2 is 2.47 bits per heavy atom. The van der Waals surface area contributed by atoms with Crippen molar-refractivity contribution in [2.24, 2.45) is 5.92 Å². The predicted octanol–water partition coefficient (Wildman–Crippen LogP) is 3.92. The summed E-state index contributed by atoms with van der Waals surface area (Å²) in [5, 5.41) is 3.89. The number of ketones is 1. The minimum absolute atomic E-state index is 0.187. The molecule has 0 aromatic carbocycles. The molecule has 0 amide bonds. The fraction of sp³-hybridized carbons (Fsp3) is 0.643. The highest BCUT2D eigenvalue weighted by atomic mass is 32.1. The normalized spacial score (nSPS) is 29.2. The number of thiophene rings is 1. The molecular formula is C14H20O2S. The average Bonchev–Trinajstić information content (AvgIpc) is 2.81. The van der Waals surface area contributed by atoms with E-state index in [9.17, 15) is 4.79 Å². The maximum Gasteiger partial charge on any atom is 0.195 e. The molecule has 0 spiro atoms. The van der Waals surface area contributed by atoms with Crippen LogP contribution in [0, 0.1) is 5.92 Å². The van der Waals surface area contributed by atoms with Gasteiger partial charge in [-0.1, -0.05) is 13.3 Å². The van der Waals surface area contributed by atoms with Crippen molar-refractivity contribution in [2.75, 3.05) is 6.61 Å². The zero-order valence-electron chi connectivity index (χ0n) is 10.6. The molecule has 2 nitrogen and oxygen atoms in total. The fourth-order valence-electron chi connectivity index (χ4n) is 2.84. The van der Waals surface area contributed by atoms with Crippen LogP contribution >= 0.6 is 11.3 Å². The van der Waals surface area contributed by atoms with Crippen molar-refractivity contribution < 1.29 is 9.53 Å². The van der Waals surface area contributed by atoms with E-state index in [0.717, 1.165) is 24.8 Å². The van der Waals surface area contributed by atoms with Gasteiger partial charge in [0, 0.05) is 17.6 Å². The van der Waals surface area contributed by atoms with Crippen LogP contribution < -0.4 is 0 Å². The third-order valence-corrected chi connectivity index (χ3v) is 4.26. The Bertz CT molecular complexity index is 368. The van der Waals surface area contributed by atoms with Crippen molar-refractivity contribution in [3.05, 3.63) is 22.4 Å². The van der Waals surface area contributed by atoms with Gasteiger partial charge in [0.2, 0.25) is 0 Å². The molecule has 1 aromatic rings. The molecule has 2 rings (SSSR count). The second kappa shape index (κ2) is 5.32. The smallest absolute Gasteiger partial charge is 0.195 e. The summed E-state index contributed by atoms with van der Waals surface area (Å²) in [6.45, 7) is 4.80. The Kier molecular flexibility index (Phi) is 4.00. The monoisotopic (exact) mass is 252 g/mol. The lowest BCUT2D eigenvalue weighted by atomic mass is 9.75. The molecule has 2 atom stereocenters. The number of carbonyl (C=O) groups is 1. The number of hydrogen-bond acceptors (Lipinski definition) is 3. The Morgan fingerprint density at radius 1 is 1.65 bits per heavy atom. The van der Waals surface area contributed by atoms with Crippen molar-refractivity contribution in [2.45, 2.75) is 45.1 Å². The molecule has 0 radical (unpaired) electrons. The van der Waals surface area contributed by atoms with E-state index >= 15 is 0 Å². The fourth-order valence-corrected chi connectivity index (χ4v) is 3.47. The molecule has 0 aliphatic heterocycles. The molecule has 0 N–H and O–H groups in total. The van der Waals surface area contributed by atoms with Crippen LogP contribution in [-0.2, 0) is 4.74 Å². The molecule has 1 aliphatic carbocycles. The molecule has 1 fully saturated rings. The van der Waals surface area contributed by atoms with Crippen molar-refractivity contribution in [3.63, 3.8) is 0 Å². The Hall–Kier alpha value is -0.670. The lowest BCUT2D eigenvalue weighted by molar-refractivity contribution is -0.0511. The zero-order valence-corrected chi connectivity index (χ0v) is 11.4. The molecule has 1 heterocycles. The van der Waals surface area contributed by atoms with Gasteiger partial charge in [-0.3, -0.25) is 4.79 Å². The van der Waals surface area contributed by atoms with Crippen LogP contribution in [-0.4, -0.2) is 18.0 Å². The van der Waals surface area contributed by atoms with Gasteiger partial charge in [-0.05, 0) is 43.6 Å². The predicted molar refractivity (Wildman–Crippen MR) is 70.6 cm³/mol. The first kappa shape index (κ1) is 12.8. The molecule has 94 valence electrons. The number of Topliss-reactive ketones (excluding diaryl/α,β-unsaturated/α-hetero) is 1. The first-order valence-corrected chi connectivity index (χ1v) is 7.33. The van der Waals surface area contributed by atoms with E-state index in [1.807, 2.05) is 23.8 Å². The first-order valence-electron chi connectivity index (χ1n) is 6.39. The van der Waals surface area contributed by atoms with Crippen molar-refractivity contribution in [1.82, 2.24) is 0 Å². The lowest BCUT2D eigenvalue weighted by Crippen LogP contribution is -2.45. The van der Waals surface area contributed by atoms with Gasteiger partial charge in [0.15, 0.2) is 5.78 Å². The third-order valence-electron chi connectivity index (χ3n) is 3.57. The first-order chi connectivity index (χ1) is 8.18. The molecule has 0 bridgehead atoms. The van der Waals surface area contributed by atoms with E-state index in [2.05, 4.69) is 6.92 Å². The summed E-state index contributed by atoms with van der Waals surface area (Å²) in [4.78, 5) is 12.6. The van der Waals surface area contributed by atoms with Gasteiger partial charge in [-0.15, -0.1) is 0 Å². The number of hydrogen-bond donors (Lipinski definition) is 0. The maximum atomic E-state index is 12.6. The third kappa shape index (κ3) is 2.61. The van der Waals surface area contributed by atoms with Gasteiger partial charge in [-0.25, -0.2) is 0 Å². The highest BCUT2D eigenvalue weighted by molar-refractivity contribution is 7.08. The van der Waals surface area contributed by atoms with Gasteiger partial charge >= 0.3 is 0 Å². The zero-order chi connectivity index (χ0) is 12.3. The SMILES string of the molecule is CCOC1(C(=O)c2ccsc2)CCCC(C)C1. The highest BCUT2D eigenvalue weighted by Gasteiger charge is 2.42. The van der Waals surface area contributed by atoms with E-state index in [4.69, 9.17) is 4.74 Å². The second-order valence-electron chi connectivity index (χ2n) is 4.97. The number of carbonyl (C=O) groups excluding carboxylic acids is 1. The minimum Gasteiger partial charge on any atom is -0.367 e. The quantitative estimate of drug-likeness (QED) is 0.759. The van der Waals surface area contributed by atoms with Gasteiger partial charge in [-0.2, -0.15) is 11.3 Å². The van der Waals surface area contributed by atoms with Crippen molar-refractivity contribution in [1.29, 1.82) is 0 Å². The van der Waals surface area contributed by atoms with Crippen LogP contribution in [0.5, 0.6) is 0 Å². The van der Waals surface area contributed by atoms with Gasteiger partial charge in [0.25, 0.3) is 0 Å². The van der Waals surface area contributed by atoms with Crippen LogP contribution in [0.2, 0.25) is 0 Å². The van der Waals surface area contributed by atoms with Crippen LogP contribution in [0.1, 0.15) is 49.9 Å². The summed E-state index contributed by atoms with van der Waals surface area (Å²) in [5.74, 6) is 0.769. The molecule has 3 heteroatoms. The topological polar surface area (TPSA) is 26.3 Å². The summed E-state index contributed by atoms with van der Waals surface area (Å²) in [7, 11) is 0. The van der Waals surface area contributed by atoms with Gasteiger partial charge < -0.3 is 4.74 Å². The summed E-state index contributed by atoms with van der Waals surface area (Å²) < 4.78 is 5.88. The van der Waals surface area contributed by atoms with Gasteiger partial charge in [0.05, 0.1) is 0 Å². The van der Waals surface area contributed by atoms with Crippen LogP contribution in [0.3, 0.4) is 0 Å². The van der Waals surface area contributed by atoms with Crippen molar-refractivity contribution in [3.8, 4) is 0 Å². The second-order valence-corrected chi connectivity index (χ2v) is 5.75. The van der Waals surface area contributed by atoms with Crippen molar-refractivity contribution >= 4 is 17.1 Å². The largest absolute Gasteiger partial charge is 0.367 e. The van der Waals surface area contributed by atoms with E-state index < -0.39 is 5.60 Å². The Balaban J connectivity index is 2.24. The average molecular weight is 252 g/mol. The van der Waals surface area contributed by atoms with Crippen LogP contribution in [0.4, 0.5) is 0 Å². The van der Waals surface area contributed by atoms with E-state index in [1.54, 1.807) is 11.3 Å². The molecule has 0 saturated heterocycles. The number of rotatable bonds is 4. The maximum absolute atomic E-state index is 12.6. The molecular weight excluding hydrogens is 232 g/mol. The van der Waals surface area contributed by atoms with Crippen LogP contribution in [0.25, 0.3) is 0 Å². The molecule has 1 aromatic heterocycles. The molecule has 1 saturated carbocycles. The summed E-state index contributed by atoms with van der Waals surface area (Å²) in [6.07, 6.45) is 4.05.